The van der Waals surface area contributed by atoms with Gasteiger partial charge in [-0.15, -0.1) is 0 Å². The number of likely N-dealkylation sites (N-methyl/N-ethyl adjacent to an activating group) is 1. The molecule has 9 unspecified atom stereocenters. The summed E-state index contributed by atoms with van der Waals surface area (Å²) >= 11 is 0. The van der Waals surface area contributed by atoms with E-state index >= 15 is 0 Å². The number of fused-ring (bicyclic) bond motifs is 2. The highest BCUT2D eigenvalue weighted by Gasteiger charge is 2.76. The summed E-state index contributed by atoms with van der Waals surface area (Å²) in [6.07, 6.45) is 3.72. The van der Waals surface area contributed by atoms with Gasteiger partial charge in [0, 0.05) is 44.2 Å². The summed E-state index contributed by atoms with van der Waals surface area (Å²) in [6.45, 7) is 5.18. The molecule has 5 fully saturated rings. The summed E-state index contributed by atoms with van der Waals surface area (Å²) in [5, 5.41) is 0. The molecule has 6 aliphatic rings. The molecule has 0 N–H and O–H groups in total. The Morgan fingerprint density at radius 3 is 2.88 bits per heavy atom. The standard InChI is InChI=1S/C22H28N2O2/c1-4-13-11-24-17-9-14(13)19-18(24)10-22(21(19)26-12(2)25)15-7-5-6-8-16(15)23(3)20(17)22/h5-8,13-14,17-21H,4,9-11H2,1-3H3. The molecule has 4 nitrogen and oxygen atoms in total. The second-order valence-corrected chi connectivity index (χ2v) is 9.32. The predicted molar refractivity (Wildman–Crippen MR) is 100 cm³/mol. The van der Waals surface area contributed by atoms with E-state index in [9.17, 15) is 4.79 Å². The average molecular weight is 352 g/mol. The second kappa shape index (κ2) is 4.83. The maximum atomic E-state index is 12.1. The zero-order valence-corrected chi connectivity index (χ0v) is 15.9. The van der Waals surface area contributed by atoms with Gasteiger partial charge in [-0.2, -0.15) is 0 Å². The summed E-state index contributed by atoms with van der Waals surface area (Å²) in [5.74, 6) is 1.89. The zero-order chi connectivity index (χ0) is 17.8. The topological polar surface area (TPSA) is 32.8 Å². The minimum Gasteiger partial charge on any atom is -0.461 e. The number of rotatable bonds is 2. The normalized spacial score (nSPS) is 49.3. The number of carbonyl (C=O) groups excluding carboxylic acids is 1. The summed E-state index contributed by atoms with van der Waals surface area (Å²) in [7, 11) is 2.27. The fourth-order valence-corrected chi connectivity index (χ4v) is 8.08. The van der Waals surface area contributed by atoms with Crippen molar-refractivity contribution in [2.75, 3.05) is 18.5 Å². The lowest BCUT2D eigenvalue weighted by atomic mass is 9.63. The van der Waals surface area contributed by atoms with Gasteiger partial charge < -0.3 is 9.64 Å². The quantitative estimate of drug-likeness (QED) is 0.767. The molecular formula is C22H28N2O2. The van der Waals surface area contributed by atoms with Crippen LogP contribution >= 0.6 is 0 Å². The molecule has 1 saturated carbocycles. The van der Waals surface area contributed by atoms with Crippen molar-refractivity contribution >= 4 is 11.7 Å². The smallest absolute Gasteiger partial charge is 0.302 e. The van der Waals surface area contributed by atoms with Crippen LogP contribution in [-0.4, -0.2) is 48.7 Å². The third-order valence-electron chi connectivity index (χ3n) is 8.67. The van der Waals surface area contributed by atoms with Crippen LogP contribution in [0.1, 0.15) is 38.7 Å². The first-order chi connectivity index (χ1) is 12.6. The van der Waals surface area contributed by atoms with Gasteiger partial charge in [0.25, 0.3) is 0 Å². The number of para-hydroxylation sites is 1. The average Bonchev–Trinajstić information content (AvgIpc) is 3.04. The number of carbonyl (C=O) groups is 1. The van der Waals surface area contributed by atoms with Gasteiger partial charge in [-0.25, -0.2) is 0 Å². The van der Waals surface area contributed by atoms with E-state index in [4.69, 9.17) is 4.74 Å². The molecule has 0 radical (unpaired) electrons. The van der Waals surface area contributed by atoms with Gasteiger partial charge in [0.05, 0.1) is 11.5 Å². The van der Waals surface area contributed by atoms with Crippen LogP contribution in [0.2, 0.25) is 0 Å². The maximum Gasteiger partial charge on any atom is 0.302 e. The van der Waals surface area contributed by atoms with E-state index in [2.05, 4.69) is 48.0 Å². The molecule has 138 valence electrons. The highest BCUT2D eigenvalue weighted by Crippen LogP contribution is 2.68. The first-order valence-corrected chi connectivity index (χ1v) is 10.3. The Bertz CT molecular complexity index is 794. The summed E-state index contributed by atoms with van der Waals surface area (Å²) in [4.78, 5) is 17.5. The highest BCUT2D eigenvalue weighted by molar-refractivity contribution is 5.70. The van der Waals surface area contributed by atoms with Crippen molar-refractivity contribution in [2.24, 2.45) is 17.8 Å². The molecule has 26 heavy (non-hydrogen) atoms. The fourth-order valence-electron chi connectivity index (χ4n) is 8.08. The van der Waals surface area contributed by atoms with Crippen molar-refractivity contribution < 1.29 is 9.53 Å². The van der Waals surface area contributed by atoms with Crippen LogP contribution < -0.4 is 4.90 Å². The summed E-state index contributed by atoms with van der Waals surface area (Å²) < 4.78 is 6.22. The minimum absolute atomic E-state index is 0.00903. The van der Waals surface area contributed by atoms with Gasteiger partial charge in [-0.1, -0.05) is 31.5 Å². The molecule has 9 atom stereocenters. The van der Waals surface area contributed by atoms with E-state index < -0.39 is 0 Å². The van der Waals surface area contributed by atoms with Crippen LogP contribution in [0.3, 0.4) is 0 Å². The number of ether oxygens (including phenoxy) is 1. The molecule has 0 amide bonds. The molecule has 1 aromatic rings. The van der Waals surface area contributed by atoms with E-state index in [-0.39, 0.29) is 17.5 Å². The molecule has 1 aliphatic carbocycles. The molecule has 7 rings (SSSR count). The Balaban J connectivity index is 1.59. The molecule has 5 heterocycles. The maximum absolute atomic E-state index is 12.1. The van der Waals surface area contributed by atoms with Crippen molar-refractivity contribution in [3.63, 3.8) is 0 Å². The Hall–Kier alpha value is -1.55. The third kappa shape index (κ3) is 1.52. The van der Waals surface area contributed by atoms with Crippen molar-refractivity contribution in [1.29, 1.82) is 0 Å². The number of piperidine rings is 4. The largest absolute Gasteiger partial charge is 0.461 e. The van der Waals surface area contributed by atoms with Crippen LogP contribution in [0.5, 0.6) is 0 Å². The van der Waals surface area contributed by atoms with Crippen molar-refractivity contribution in [3.05, 3.63) is 29.8 Å². The Kier molecular flexibility index (Phi) is 2.88. The van der Waals surface area contributed by atoms with Gasteiger partial charge >= 0.3 is 5.97 Å². The zero-order valence-electron chi connectivity index (χ0n) is 15.9. The Morgan fingerprint density at radius 2 is 2.12 bits per heavy atom. The molecular weight excluding hydrogens is 324 g/mol. The molecule has 1 aromatic carbocycles. The van der Waals surface area contributed by atoms with E-state index in [0.29, 0.717) is 24.0 Å². The number of nitrogens with zero attached hydrogens (tertiary/aromatic N) is 2. The Labute approximate surface area is 155 Å². The summed E-state index contributed by atoms with van der Waals surface area (Å²) in [5.41, 5.74) is 2.78. The minimum atomic E-state index is -0.106. The number of esters is 1. The van der Waals surface area contributed by atoms with Gasteiger partial charge in [0.2, 0.25) is 0 Å². The van der Waals surface area contributed by atoms with Crippen LogP contribution in [0.25, 0.3) is 0 Å². The molecule has 0 aromatic heterocycles. The second-order valence-electron chi connectivity index (χ2n) is 9.32. The number of hydrogen-bond acceptors (Lipinski definition) is 4. The van der Waals surface area contributed by atoms with Gasteiger partial charge in [0.15, 0.2) is 0 Å². The van der Waals surface area contributed by atoms with Crippen molar-refractivity contribution in [1.82, 2.24) is 4.90 Å². The lowest BCUT2D eigenvalue weighted by molar-refractivity contribution is -0.155. The first-order valence-electron chi connectivity index (χ1n) is 10.3. The van der Waals surface area contributed by atoms with Gasteiger partial charge in [0.1, 0.15) is 6.10 Å². The lowest BCUT2D eigenvalue weighted by Gasteiger charge is -2.60. The van der Waals surface area contributed by atoms with E-state index in [0.717, 1.165) is 18.3 Å². The van der Waals surface area contributed by atoms with Crippen LogP contribution in [0, 0.1) is 17.8 Å². The number of hydrogen-bond donors (Lipinski definition) is 0. The lowest BCUT2D eigenvalue weighted by Crippen LogP contribution is -2.69. The SMILES string of the molecule is CCC1CN2C3CC45c6ccccc6N(C)C4C2CC1C3C5OC(C)=O. The van der Waals surface area contributed by atoms with Crippen molar-refractivity contribution in [3.8, 4) is 0 Å². The molecule has 5 bridgehead atoms. The molecule has 5 aliphatic heterocycles. The van der Waals surface area contributed by atoms with E-state index in [1.807, 2.05) is 0 Å². The van der Waals surface area contributed by atoms with Crippen LogP contribution in [0.4, 0.5) is 5.69 Å². The fraction of sp³-hybridized carbons (Fsp3) is 0.682. The predicted octanol–water partition coefficient (Wildman–Crippen LogP) is 2.81. The Morgan fingerprint density at radius 1 is 1.31 bits per heavy atom. The number of anilines is 1. The highest BCUT2D eigenvalue weighted by atomic mass is 16.5. The third-order valence-corrected chi connectivity index (χ3v) is 8.67. The monoisotopic (exact) mass is 352 g/mol. The van der Waals surface area contributed by atoms with E-state index in [1.165, 1.54) is 30.6 Å². The van der Waals surface area contributed by atoms with Crippen LogP contribution in [0.15, 0.2) is 24.3 Å². The van der Waals surface area contributed by atoms with Crippen molar-refractivity contribution in [2.45, 2.75) is 62.8 Å². The molecule has 4 saturated heterocycles. The summed E-state index contributed by atoms with van der Waals surface area (Å²) in [6, 6.07) is 10.5. The molecule has 4 heteroatoms. The number of benzene rings is 1. The van der Waals surface area contributed by atoms with Gasteiger partial charge in [-0.3, -0.25) is 9.69 Å². The first kappa shape index (κ1) is 15.5. The van der Waals surface area contributed by atoms with Crippen LogP contribution in [-0.2, 0) is 14.9 Å². The van der Waals surface area contributed by atoms with E-state index in [1.54, 1.807) is 6.92 Å². The van der Waals surface area contributed by atoms with Gasteiger partial charge in [-0.05, 0) is 36.3 Å². The molecule has 1 spiro atoms.